The molecule has 22 heavy (non-hydrogen) atoms. The van der Waals surface area contributed by atoms with Crippen LogP contribution in [0.1, 0.15) is 56.7 Å². The lowest BCUT2D eigenvalue weighted by molar-refractivity contribution is 0.354. The van der Waals surface area contributed by atoms with Crippen LogP contribution < -0.4 is 9.47 Å². The van der Waals surface area contributed by atoms with Gasteiger partial charge in [0.1, 0.15) is 0 Å². The molecule has 0 unspecified atom stereocenters. The van der Waals surface area contributed by atoms with Gasteiger partial charge in [-0.15, -0.1) is 0 Å². The van der Waals surface area contributed by atoms with E-state index < -0.39 is 0 Å². The molecule has 0 amide bonds. The third kappa shape index (κ3) is 2.08. The van der Waals surface area contributed by atoms with Crippen LogP contribution >= 0.6 is 0 Å². The van der Waals surface area contributed by atoms with Crippen LogP contribution in [0.3, 0.4) is 0 Å². The highest BCUT2D eigenvalue weighted by atomic mass is 16.5. The van der Waals surface area contributed by atoms with Crippen LogP contribution in [-0.4, -0.2) is 14.2 Å². The van der Waals surface area contributed by atoms with Crippen molar-refractivity contribution in [3.05, 3.63) is 34.9 Å². The van der Waals surface area contributed by atoms with Crippen LogP contribution in [0.4, 0.5) is 0 Å². The smallest absolute Gasteiger partial charge is 0.169 e. The Kier molecular flexibility index (Phi) is 3.58. The fraction of sp³-hybridized carbons (Fsp3) is 0.500. The van der Waals surface area contributed by atoms with E-state index in [2.05, 4.69) is 45.9 Å². The molecular weight excluding hydrogens is 272 g/mol. The lowest BCUT2D eigenvalue weighted by atomic mass is 9.85. The quantitative estimate of drug-likeness (QED) is 0.775. The molecule has 2 nitrogen and oxygen atoms in total. The van der Waals surface area contributed by atoms with Crippen molar-refractivity contribution in [1.29, 1.82) is 0 Å². The van der Waals surface area contributed by atoms with Crippen molar-refractivity contribution < 1.29 is 9.47 Å². The molecule has 0 heterocycles. The predicted octanol–water partition coefficient (Wildman–Crippen LogP) is 5.20. The standard InChI is InChI=1S/C20H26O2/c1-12(2)15-11-13-7-8-16-14(9-10-20(16,3)4)17(13)19(22-6)18(15)21-5/h7-8,11-12H,9-10H2,1-6H3. The molecule has 0 saturated heterocycles. The second-order valence-electron chi connectivity index (χ2n) is 7.26. The Balaban J connectivity index is 2.41. The SMILES string of the molecule is COc1c(C(C)C)cc2ccc3c(c2c1OC)CCC3(C)C. The van der Waals surface area contributed by atoms with Crippen LogP contribution in [-0.2, 0) is 11.8 Å². The molecule has 2 aromatic rings. The number of fused-ring (bicyclic) bond motifs is 3. The highest BCUT2D eigenvalue weighted by molar-refractivity contribution is 5.96. The van der Waals surface area contributed by atoms with Crippen molar-refractivity contribution >= 4 is 10.8 Å². The molecule has 3 rings (SSSR count). The Morgan fingerprint density at radius 2 is 1.73 bits per heavy atom. The van der Waals surface area contributed by atoms with Gasteiger partial charge in [0.2, 0.25) is 0 Å². The van der Waals surface area contributed by atoms with Crippen LogP contribution in [0, 0.1) is 0 Å². The van der Waals surface area contributed by atoms with Crippen molar-refractivity contribution in [2.45, 2.75) is 51.9 Å². The molecule has 1 aliphatic carbocycles. The number of methoxy groups -OCH3 is 2. The first kappa shape index (κ1) is 15.2. The van der Waals surface area contributed by atoms with Crippen LogP contribution in [0.15, 0.2) is 18.2 Å². The highest BCUT2D eigenvalue weighted by Gasteiger charge is 2.32. The van der Waals surface area contributed by atoms with E-state index in [9.17, 15) is 0 Å². The van der Waals surface area contributed by atoms with Gasteiger partial charge in [0.05, 0.1) is 14.2 Å². The van der Waals surface area contributed by atoms with Crippen molar-refractivity contribution in [3.63, 3.8) is 0 Å². The number of hydrogen-bond donors (Lipinski definition) is 0. The summed E-state index contributed by atoms with van der Waals surface area (Å²) in [6, 6.07) is 6.82. The molecule has 118 valence electrons. The van der Waals surface area contributed by atoms with Crippen LogP contribution in [0.25, 0.3) is 10.8 Å². The Hall–Kier alpha value is -1.70. The summed E-state index contributed by atoms with van der Waals surface area (Å²) in [5.41, 5.74) is 4.35. The molecule has 0 aliphatic heterocycles. The normalized spacial score (nSPS) is 16.1. The van der Waals surface area contributed by atoms with Gasteiger partial charge in [-0.05, 0) is 46.8 Å². The highest BCUT2D eigenvalue weighted by Crippen LogP contribution is 2.48. The van der Waals surface area contributed by atoms with Gasteiger partial charge in [0.25, 0.3) is 0 Å². The van der Waals surface area contributed by atoms with Gasteiger partial charge >= 0.3 is 0 Å². The molecule has 0 N–H and O–H groups in total. The van der Waals surface area contributed by atoms with Gasteiger partial charge < -0.3 is 9.47 Å². The molecule has 0 atom stereocenters. The third-order valence-corrected chi connectivity index (χ3v) is 5.11. The van der Waals surface area contributed by atoms with Crippen LogP contribution in [0.5, 0.6) is 11.5 Å². The summed E-state index contributed by atoms with van der Waals surface area (Å²) < 4.78 is 11.5. The summed E-state index contributed by atoms with van der Waals surface area (Å²) in [6.07, 6.45) is 2.30. The molecule has 0 fully saturated rings. The van der Waals surface area contributed by atoms with E-state index >= 15 is 0 Å². The zero-order valence-electron chi connectivity index (χ0n) is 14.5. The van der Waals surface area contributed by atoms with E-state index in [1.165, 1.54) is 33.9 Å². The van der Waals surface area contributed by atoms with Crippen molar-refractivity contribution in [2.75, 3.05) is 14.2 Å². The van der Waals surface area contributed by atoms with Crippen molar-refractivity contribution in [1.82, 2.24) is 0 Å². The molecule has 1 aliphatic rings. The topological polar surface area (TPSA) is 18.5 Å². The maximum absolute atomic E-state index is 5.81. The summed E-state index contributed by atoms with van der Waals surface area (Å²) in [4.78, 5) is 0. The van der Waals surface area contributed by atoms with E-state index in [4.69, 9.17) is 9.47 Å². The average Bonchev–Trinajstić information content (AvgIpc) is 2.80. The Bertz CT molecular complexity index is 726. The average molecular weight is 298 g/mol. The summed E-state index contributed by atoms with van der Waals surface area (Å²) in [5, 5.41) is 2.50. The molecular formula is C20H26O2. The molecule has 0 aromatic heterocycles. The van der Waals surface area contributed by atoms with E-state index in [1.807, 2.05) is 0 Å². The van der Waals surface area contributed by atoms with E-state index in [1.54, 1.807) is 14.2 Å². The van der Waals surface area contributed by atoms with Crippen molar-refractivity contribution in [3.8, 4) is 11.5 Å². The summed E-state index contributed by atoms with van der Waals surface area (Å²) >= 11 is 0. The second-order valence-corrected chi connectivity index (χ2v) is 7.26. The zero-order chi connectivity index (χ0) is 16.1. The summed E-state index contributed by atoms with van der Waals surface area (Å²) in [7, 11) is 3.49. The van der Waals surface area contributed by atoms with Gasteiger partial charge in [-0.2, -0.15) is 0 Å². The largest absolute Gasteiger partial charge is 0.493 e. The lowest BCUT2D eigenvalue weighted by Crippen LogP contribution is -2.11. The minimum atomic E-state index is 0.249. The molecule has 0 bridgehead atoms. The number of rotatable bonds is 3. The molecule has 2 aromatic carbocycles. The van der Waals surface area contributed by atoms with Crippen molar-refractivity contribution in [2.24, 2.45) is 0 Å². The lowest BCUT2D eigenvalue weighted by Gasteiger charge is -2.22. The first-order valence-electron chi connectivity index (χ1n) is 8.11. The fourth-order valence-electron chi connectivity index (χ4n) is 3.83. The third-order valence-electron chi connectivity index (χ3n) is 5.11. The fourth-order valence-corrected chi connectivity index (χ4v) is 3.83. The molecule has 2 heteroatoms. The first-order valence-corrected chi connectivity index (χ1v) is 8.11. The molecule has 0 radical (unpaired) electrons. The van der Waals surface area contributed by atoms with Crippen LogP contribution in [0.2, 0.25) is 0 Å². The maximum atomic E-state index is 5.81. The monoisotopic (exact) mass is 298 g/mol. The minimum Gasteiger partial charge on any atom is -0.493 e. The second kappa shape index (κ2) is 5.19. The van der Waals surface area contributed by atoms with Gasteiger partial charge in [-0.1, -0.05) is 39.8 Å². The number of aryl methyl sites for hydroxylation is 1. The summed E-state index contributed by atoms with van der Waals surface area (Å²) in [5.74, 6) is 2.19. The van der Waals surface area contributed by atoms with E-state index in [0.717, 1.165) is 17.9 Å². The van der Waals surface area contributed by atoms with Gasteiger partial charge in [-0.25, -0.2) is 0 Å². The van der Waals surface area contributed by atoms with E-state index in [0.29, 0.717) is 5.92 Å². The Morgan fingerprint density at radius 3 is 2.32 bits per heavy atom. The zero-order valence-corrected chi connectivity index (χ0v) is 14.5. The number of benzene rings is 2. The van der Waals surface area contributed by atoms with Gasteiger partial charge in [0, 0.05) is 10.9 Å². The molecule has 0 spiro atoms. The minimum absolute atomic E-state index is 0.249. The Labute approximate surface area is 133 Å². The number of hydrogen-bond acceptors (Lipinski definition) is 2. The Morgan fingerprint density at radius 1 is 1.05 bits per heavy atom. The predicted molar refractivity (Wildman–Crippen MR) is 92.5 cm³/mol. The van der Waals surface area contributed by atoms with E-state index in [-0.39, 0.29) is 5.41 Å². The first-order chi connectivity index (χ1) is 10.4. The number of ether oxygens (including phenoxy) is 2. The van der Waals surface area contributed by atoms with Gasteiger partial charge in [-0.3, -0.25) is 0 Å². The maximum Gasteiger partial charge on any atom is 0.169 e. The van der Waals surface area contributed by atoms with Gasteiger partial charge in [0.15, 0.2) is 11.5 Å². The summed E-state index contributed by atoms with van der Waals surface area (Å²) in [6.45, 7) is 9.05. The molecule has 0 saturated carbocycles.